The number of aromatic nitrogens is 3. The number of nitrogens with one attached hydrogen (secondary N) is 3. The molecule has 0 aliphatic carbocycles. The number of benzene rings is 3. The quantitative estimate of drug-likeness (QED) is 0.113. The Morgan fingerprint density at radius 2 is 1.70 bits per heavy atom. The normalized spacial score (nSPS) is 10.9. The Kier molecular flexibility index (Phi) is 10.9. The second-order valence-electron chi connectivity index (χ2n) is 10.7. The molecule has 2 aromatic heterocycles. The molecule has 0 atom stereocenters. The number of hydrogen-bond acceptors (Lipinski definition) is 7. The number of pyridine rings is 1. The SMILES string of the molecule is CCCCc1cc(NC(=O)Nc2ccc(Oc3ccnc(NC(=O)COCCOC)c3)c3ccccc23)n(-c2ccc(C)cc2)n1. The Balaban J connectivity index is 1.31. The molecule has 0 bridgehead atoms. The summed E-state index contributed by atoms with van der Waals surface area (Å²) < 4.78 is 18.2. The third-order valence-corrected chi connectivity index (χ3v) is 7.09. The van der Waals surface area contributed by atoms with Gasteiger partial charge in [0.05, 0.1) is 30.3 Å². The van der Waals surface area contributed by atoms with Crippen LogP contribution in [0.3, 0.4) is 0 Å². The van der Waals surface area contributed by atoms with Crippen LogP contribution >= 0.6 is 0 Å². The summed E-state index contributed by atoms with van der Waals surface area (Å²) in [6, 6.07) is 24.1. The van der Waals surface area contributed by atoms with Crippen LogP contribution in [0.5, 0.6) is 11.5 Å². The van der Waals surface area contributed by atoms with Crippen LogP contribution in [-0.4, -0.2) is 53.6 Å². The van der Waals surface area contributed by atoms with Crippen LogP contribution in [0.15, 0.2) is 85.1 Å². The number of rotatable bonds is 14. The molecule has 3 N–H and O–H groups in total. The van der Waals surface area contributed by atoms with Crippen molar-refractivity contribution >= 4 is 40.0 Å². The van der Waals surface area contributed by atoms with Crippen molar-refractivity contribution < 1.29 is 23.8 Å². The predicted octanol–water partition coefficient (Wildman–Crippen LogP) is 7.11. The number of hydrogen-bond donors (Lipinski definition) is 3. The van der Waals surface area contributed by atoms with Crippen molar-refractivity contribution in [2.75, 3.05) is 42.9 Å². The third-order valence-electron chi connectivity index (χ3n) is 7.09. The molecule has 46 heavy (non-hydrogen) atoms. The molecule has 0 spiro atoms. The molecule has 5 rings (SSSR count). The van der Waals surface area contributed by atoms with Gasteiger partial charge in [-0.2, -0.15) is 5.10 Å². The first kappa shape index (κ1) is 32.1. The Morgan fingerprint density at radius 1 is 0.891 bits per heavy atom. The summed E-state index contributed by atoms with van der Waals surface area (Å²) in [7, 11) is 1.57. The molecule has 0 unspecified atom stereocenters. The molecule has 0 saturated heterocycles. The molecule has 0 radical (unpaired) electrons. The Bertz CT molecular complexity index is 1790. The van der Waals surface area contributed by atoms with E-state index in [1.165, 1.54) is 0 Å². The van der Waals surface area contributed by atoms with Gasteiger partial charge in [-0.3, -0.25) is 10.1 Å². The number of urea groups is 1. The number of fused-ring (bicyclic) bond motifs is 1. The topological polar surface area (TPSA) is 129 Å². The highest BCUT2D eigenvalue weighted by molar-refractivity contribution is 6.07. The maximum atomic E-state index is 13.3. The van der Waals surface area contributed by atoms with Crippen LogP contribution in [0, 0.1) is 6.92 Å². The van der Waals surface area contributed by atoms with E-state index < -0.39 is 6.03 Å². The van der Waals surface area contributed by atoms with E-state index in [0.717, 1.165) is 47.0 Å². The number of nitrogens with zero attached hydrogens (tertiary/aromatic N) is 3. The van der Waals surface area contributed by atoms with Gasteiger partial charge >= 0.3 is 6.03 Å². The van der Waals surface area contributed by atoms with E-state index in [0.29, 0.717) is 42.0 Å². The minimum Gasteiger partial charge on any atom is -0.457 e. The molecular formula is C35H38N6O5. The lowest BCUT2D eigenvalue weighted by atomic mass is 10.1. The Hall–Kier alpha value is -5.26. The van der Waals surface area contributed by atoms with E-state index in [2.05, 4.69) is 27.9 Å². The zero-order valence-electron chi connectivity index (χ0n) is 26.2. The lowest BCUT2D eigenvalue weighted by Crippen LogP contribution is -2.21. The van der Waals surface area contributed by atoms with Crippen LogP contribution in [0.1, 0.15) is 31.0 Å². The lowest BCUT2D eigenvalue weighted by molar-refractivity contribution is -0.121. The van der Waals surface area contributed by atoms with Gasteiger partial charge in [0.25, 0.3) is 5.91 Å². The number of unbranched alkanes of at least 4 members (excludes halogenated alkanes) is 1. The van der Waals surface area contributed by atoms with Gasteiger partial charge in [0, 0.05) is 36.2 Å². The zero-order valence-corrected chi connectivity index (χ0v) is 26.2. The summed E-state index contributed by atoms with van der Waals surface area (Å²) in [5.74, 6) is 1.64. The van der Waals surface area contributed by atoms with E-state index in [1.807, 2.05) is 61.5 Å². The lowest BCUT2D eigenvalue weighted by Gasteiger charge is -2.15. The molecule has 0 fully saturated rings. The van der Waals surface area contributed by atoms with Crippen molar-refractivity contribution in [1.29, 1.82) is 0 Å². The predicted molar refractivity (Wildman–Crippen MR) is 179 cm³/mol. The van der Waals surface area contributed by atoms with Crippen LogP contribution in [-0.2, 0) is 20.7 Å². The molecule has 0 saturated carbocycles. The first-order chi connectivity index (χ1) is 22.4. The third kappa shape index (κ3) is 8.46. The molecule has 5 aromatic rings. The summed E-state index contributed by atoms with van der Waals surface area (Å²) in [5.41, 5.74) is 3.54. The highest BCUT2D eigenvalue weighted by Crippen LogP contribution is 2.35. The molecule has 0 aliphatic rings. The van der Waals surface area contributed by atoms with Gasteiger partial charge in [-0.1, -0.05) is 55.3 Å². The fraction of sp³-hybridized carbons (Fsp3) is 0.257. The highest BCUT2D eigenvalue weighted by Gasteiger charge is 2.15. The Morgan fingerprint density at radius 3 is 2.48 bits per heavy atom. The van der Waals surface area contributed by atoms with Crippen LogP contribution in [0.4, 0.5) is 22.1 Å². The van der Waals surface area contributed by atoms with E-state index in [4.69, 9.17) is 19.3 Å². The monoisotopic (exact) mass is 622 g/mol. The fourth-order valence-corrected chi connectivity index (χ4v) is 4.78. The molecule has 0 aliphatic heterocycles. The van der Waals surface area contributed by atoms with E-state index in [-0.39, 0.29) is 12.5 Å². The summed E-state index contributed by atoms with van der Waals surface area (Å²) in [4.78, 5) is 29.7. The maximum absolute atomic E-state index is 13.3. The van der Waals surface area contributed by atoms with E-state index >= 15 is 0 Å². The van der Waals surface area contributed by atoms with Crippen LogP contribution < -0.4 is 20.7 Å². The summed E-state index contributed by atoms with van der Waals surface area (Å²) in [5, 5.41) is 15.0. The van der Waals surface area contributed by atoms with Gasteiger partial charge < -0.3 is 24.8 Å². The van der Waals surface area contributed by atoms with Crippen LogP contribution in [0.25, 0.3) is 16.5 Å². The number of carbonyl (C=O) groups is 2. The van der Waals surface area contributed by atoms with Crippen molar-refractivity contribution in [2.45, 2.75) is 33.1 Å². The zero-order chi connectivity index (χ0) is 32.3. The summed E-state index contributed by atoms with van der Waals surface area (Å²) >= 11 is 0. The minimum absolute atomic E-state index is 0.114. The standard InChI is InChI=1S/C35H38N6O5/c1-4-5-8-25-21-33(41(40-25)26-13-11-24(2)12-14-26)39-35(43)37-30-15-16-31(29-10-7-6-9-28(29)30)46-27-17-18-36-32(22-27)38-34(42)23-45-20-19-44-3/h6-7,9-18,21-22H,4-5,8,19-20,23H2,1-3H3,(H,36,38,42)(H2,37,39,43). The molecule has 11 heteroatoms. The van der Waals surface area contributed by atoms with Gasteiger partial charge in [0.1, 0.15) is 29.7 Å². The first-order valence-electron chi connectivity index (χ1n) is 15.2. The average molecular weight is 623 g/mol. The number of anilines is 3. The Labute approximate surface area is 267 Å². The van der Waals surface area contributed by atoms with Gasteiger partial charge in [-0.15, -0.1) is 0 Å². The molecule has 3 aromatic carbocycles. The van der Waals surface area contributed by atoms with E-state index in [9.17, 15) is 9.59 Å². The van der Waals surface area contributed by atoms with Gasteiger partial charge in [0.15, 0.2) is 0 Å². The number of methoxy groups -OCH3 is 1. The second-order valence-corrected chi connectivity index (χ2v) is 10.7. The van der Waals surface area contributed by atoms with Gasteiger partial charge in [-0.25, -0.2) is 14.5 Å². The molecule has 11 nitrogen and oxygen atoms in total. The maximum Gasteiger partial charge on any atom is 0.324 e. The molecule has 238 valence electrons. The van der Waals surface area contributed by atoms with Crippen LogP contribution in [0.2, 0.25) is 0 Å². The average Bonchev–Trinajstić information content (AvgIpc) is 3.45. The number of ether oxygens (including phenoxy) is 3. The van der Waals surface area contributed by atoms with E-state index in [1.54, 1.807) is 42.3 Å². The smallest absolute Gasteiger partial charge is 0.324 e. The molecule has 3 amide bonds. The first-order valence-corrected chi connectivity index (χ1v) is 15.2. The number of amides is 3. The van der Waals surface area contributed by atoms with Crippen molar-refractivity contribution in [2.24, 2.45) is 0 Å². The molecular weight excluding hydrogens is 584 g/mol. The van der Waals surface area contributed by atoms with Crippen molar-refractivity contribution in [1.82, 2.24) is 14.8 Å². The summed E-state index contributed by atoms with van der Waals surface area (Å²) in [6.07, 6.45) is 4.44. The number of carbonyl (C=O) groups excluding carboxylic acids is 2. The van der Waals surface area contributed by atoms with Gasteiger partial charge in [-0.05, 0) is 50.1 Å². The highest BCUT2D eigenvalue weighted by atomic mass is 16.5. The van der Waals surface area contributed by atoms with Crippen molar-refractivity contribution in [3.8, 4) is 17.2 Å². The minimum atomic E-state index is -0.394. The second kappa shape index (κ2) is 15.6. The largest absolute Gasteiger partial charge is 0.457 e. The molecule has 2 heterocycles. The van der Waals surface area contributed by atoms with Crippen molar-refractivity contribution in [3.05, 3.63) is 96.3 Å². The fourth-order valence-electron chi connectivity index (χ4n) is 4.78. The summed E-state index contributed by atoms with van der Waals surface area (Å²) in [6.45, 7) is 4.78. The van der Waals surface area contributed by atoms with Gasteiger partial charge in [0.2, 0.25) is 0 Å². The van der Waals surface area contributed by atoms with Crippen molar-refractivity contribution in [3.63, 3.8) is 0 Å². The number of aryl methyl sites for hydroxylation is 2.